The summed E-state index contributed by atoms with van der Waals surface area (Å²) in [6, 6.07) is 14.4. The van der Waals surface area contributed by atoms with Gasteiger partial charge in [0.15, 0.2) is 0 Å². The van der Waals surface area contributed by atoms with Crippen LogP contribution in [0.25, 0.3) is 16.7 Å². The summed E-state index contributed by atoms with van der Waals surface area (Å²) in [4.78, 5) is 25.6. The Morgan fingerprint density at radius 3 is 2.76 bits per heavy atom. The quantitative estimate of drug-likeness (QED) is 0.374. The predicted molar refractivity (Wildman–Crippen MR) is 129 cm³/mol. The highest BCUT2D eigenvalue weighted by Crippen LogP contribution is 2.17. The van der Waals surface area contributed by atoms with Crippen LogP contribution in [0.5, 0.6) is 0 Å². The van der Waals surface area contributed by atoms with E-state index in [-0.39, 0.29) is 24.0 Å². The Kier molecular flexibility index (Phi) is 7.05. The first-order valence-corrected chi connectivity index (χ1v) is 11.3. The second-order valence-electron chi connectivity index (χ2n) is 8.06. The minimum atomic E-state index is -0.155. The number of halogens is 1. The van der Waals surface area contributed by atoms with Crippen LogP contribution < -0.4 is 10.9 Å². The fourth-order valence-corrected chi connectivity index (χ4v) is 3.92. The minimum Gasteiger partial charge on any atom is -0.379 e. The molecule has 0 unspecified atom stereocenters. The maximum absolute atomic E-state index is 13.1. The standard InChI is InChI=1S/C24H26ClN5O3/c1-16(2)33-14-6-13-29-23(32)19-9-3-4-10-20(19)30-21(27-28-24(29)30)11-12-22(31)26-18-8-5-7-17(25)15-18/h3-5,7-10,15-16H,6,11-14H2,1-2H3,(H,26,31). The number of nitrogens with zero attached hydrogens (tertiary/aromatic N) is 4. The van der Waals surface area contributed by atoms with Crippen LogP contribution >= 0.6 is 11.6 Å². The molecular formula is C24H26ClN5O3. The number of para-hydroxylation sites is 1. The van der Waals surface area contributed by atoms with Crippen molar-refractivity contribution < 1.29 is 9.53 Å². The highest BCUT2D eigenvalue weighted by molar-refractivity contribution is 6.30. The fraction of sp³-hybridized carbons (Fsp3) is 0.333. The van der Waals surface area contributed by atoms with E-state index in [4.69, 9.17) is 16.3 Å². The van der Waals surface area contributed by atoms with E-state index in [0.29, 0.717) is 53.7 Å². The summed E-state index contributed by atoms with van der Waals surface area (Å²) in [7, 11) is 0. The van der Waals surface area contributed by atoms with Crippen LogP contribution in [-0.4, -0.2) is 37.8 Å². The molecule has 0 bridgehead atoms. The van der Waals surface area contributed by atoms with Gasteiger partial charge in [-0.15, -0.1) is 10.2 Å². The first-order valence-electron chi connectivity index (χ1n) is 11.0. The fourth-order valence-electron chi connectivity index (χ4n) is 3.73. The van der Waals surface area contributed by atoms with E-state index in [1.165, 1.54) is 0 Å². The molecule has 0 atom stereocenters. The van der Waals surface area contributed by atoms with Gasteiger partial charge < -0.3 is 10.1 Å². The van der Waals surface area contributed by atoms with E-state index in [1.807, 2.05) is 36.4 Å². The van der Waals surface area contributed by atoms with Gasteiger partial charge in [0.25, 0.3) is 5.56 Å². The summed E-state index contributed by atoms with van der Waals surface area (Å²) in [6.07, 6.45) is 1.39. The topological polar surface area (TPSA) is 90.5 Å². The summed E-state index contributed by atoms with van der Waals surface area (Å²) in [5.41, 5.74) is 1.25. The third-order valence-corrected chi connectivity index (χ3v) is 5.47. The monoisotopic (exact) mass is 467 g/mol. The molecule has 4 aromatic rings. The molecule has 172 valence electrons. The number of fused-ring (bicyclic) bond motifs is 3. The van der Waals surface area contributed by atoms with E-state index in [1.54, 1.807) is 34.9 Å². The highest BCUT2D eigenvalue weighted by atomic mass is 35.5. The predicted octanol–water partition coefficient (Wildman–Crippen LogP) is 4.08. The van der Waals surface area contributed by atoms with Crippen molar-refractivity contribution >= 4 is 39.9 Å². The van der Waals surface area contributed by atoms with Gasteiger partial charge in [0.2, 0.25) is 11.7 Å². The minimum absolute atomic E-state index is 0.111. The second kappa shape index (κ2) is 10.1. The van der Waals surface area contributed by atoms with Gasteiger partial charge in [0.05, 0.1) is 17.0 Å². The number of rotatable bonds is 9. The van der Waals surface area contributed by atoms with Gasteiger partial charge in [-0.1, -0.05) is 29.8 Å². The SMILES string of the molecule is CC(C)OCCCn1c(=O)c2ccccc2n2c(CCC(=O)Nc3cccc(Cl)c3)nnc12. The summed E-state index contributed by atoms with van der Waals surface area (Å²) >= 11 is 5.99. The molecule has 0 fully saturated rings. The van der Waals surface area contributed by atoms with Crippen LogP contribution in [-0.2, 0) is 22.5 Å². The molecule has 1 amide bonds. The summed E-state index contributed by atoms with van der Waals surface area (Å²) < 4.78 is 9.12. The average molecular weight is 468 g/mol. The average Bonchev–Trinajstić information content (AvgIpc) is 3.21. The molecule has 0 spiro atoms. The number of aryl methyl sites for hydroxylation is 2. The normalized spacial score (nSPS) is 11.5. The zero-order valence-electron chi connectivity index (χ0n) is 18.6. The first kappa shape index (κ1) is 22.9. The van der Waals surface area contributed by atoms with E-state index >= 15 is 0 Å². The lowest BCUT2D eigenvalue weighted by molar-refractivity contribution is -0.116. The molecule has 33 heavy (non-hydrogen) atoms. The number of hydrogen-bond donors (Lipinski definition) is 1. The third-order valence-electron chi connectivity index (χ3n) is 5.24. The number of amides is 1. The maximum atomic E-state index is 13.1. The van der Waals surface area contributed by atoms with Crippen molar-refractivity contribution in [3.05, 3.63) is 69.7 Å². The third kappa shape index (κ3) is 5.23. The van der Waals surface area contributed by atoms with Crippen molar-refractivity contribution in [2.24, 2.45) is 0 Å². The van der Waals surface area contributed by atoms with Gasteiger partial charge in [-0.05, 0) is 50.6 Å². The lowest BCUT2D eigenvalue weighted by Crippen LogP contribution is -2.24. The number of carbonyl (C=O) groups is 1. The van der Waals surface area contributed by atoms with Crippen LogP contribution in [0, 0.1) is 0 Å². The lowest BCUT2D eigenvalue weighted by Gasteiger charge is -2.12. The zero-order valence-corrected chi connectivity index (χ0v) is 19.4. The number of hydrogen-bond acceptors (Lipinski definition) is 5. The Morgan fingerprint density at radius 2 is 1.97 bits per heavy atom. The van der Waals surface area contributed by atoms with Gasteiger partial charge >= 0.3 is 0 Å². The molecule has 4 rings (SSSR count). The van der Waals surface area contributed by atoms with Gasteiger partial charge in [0.1, 0.15) is 5.82 Å². The molecule has 0 aliphatic carbocycles. The van der Waals surface area contributed by atoms with Gasteiger partial charge in [0, 0.05) is 36.7 Å². The zero-order chi connectivity index (χ0) is 23.4. The summed E-state index contributed by atoms with van der Waals surface area (Å²) in [5.74, 6) is 0.931. The molecule has 0 saturated carbocycles. The number of carbonyl (C=O) groups excluding carboxylic acids is 1. The van der Waals surface area contributed by atoms with E-state index in [2.05, 4.69) is 15.5 Å². The lowest BCUT2D eigenvalue weighted by atomic mass is 10.2. The van der Waals surface area contributed by atoms with Crippen molar-refractivity contribution in [2.45, 2.75) is 45.8 Å². The molecule has 0 radical (unpaired) electrons. The Labute approximate surface area is 196 Å². The summed E-state index contributed by atoms with van der Waals surface area (Å²) in [6.45, 7) is 4.97. The van der Waals surface area contributed by atoms with Gasteiger partial charge in [-0.25, -0.2) is 0 Å². The second-order valence-corrected chi connectivity index (χ2v) is 8.49. The molecule has 2 heterocycles. The van der Waals surface area contributed by atoms with Crippen molar-refractivity contribution in [2.75, 3.05) is 11.9 Å². The molecule has 0 aliphatic heterocycles. The number of ether oxygens (including phenoxy) is 1. The van der Waals surface area contributed by atoms with Crippen LogP contribution in [0.4, 0.5) is 5.69 Å². The Bertz CT molecular complexity index is 1350. The van der Waals surface area contributed by atoms with E-state index in [9.17, 15) is 9.59 Å². The summed E-state index contributed by atoms with van der Waals surface area (Å²) in [5, 5.41) is 12.6. The molecule has 2 aromatic carbocycles. The Hall–Kier alpha value is -3.23. The van der Waals surface area contributed by atoms with E-state index < -0.39 is 0 Å². The first-order chi connectivity index (χ1) is 15.9. The van der Waals surface area contributed by atoms with Crippen LogP contribution in [0.3, 0.4) is 0 Å². The molecule has 2 aromatic heterocycles. The molecule has 8 nitrogen and oxygen atoms in total. The molecule has 9 heteroatoms. The Balaban J connectivity index is 1.60. The molecule has 0 aliphatic rings. The van der Waals surface area contributed by atoms with Crippen LogP contribution in [0.1, 0.15) is 32.5 Å². The number of nitrogens with one attached hydrogen (secondary N) is 1. The van der Waals surface area contributed by atoms with E-state index in [0.717, 1.165) is 5.52 Å². The van der Waals surface area contributed by atoms with Crippen molar-refractivity contribution in [3.8, 4) is 0 Å². The van der Waals surface area contributed by atoms with Gasteiger partial charge in [-0.3, -0.25) is 18.6 Å². The number of benzene rings is 2. The van der Waals surface area contributed by atoms with Gasteiger partial charge in [-0.2, -0.15) is 0 Å². The van der Waals surface area contributed by atoms with Crippen molar-refractivity contribution in [3.63, 3.8) is 0 Å². The maximum Gasteiger partial charge on any atom is 0.262 e. The molecule has 1 N–H and O–H groups in total. The van der Waals surface area contributed by atoms with Crippen molar-refractivity contribution in [1.29, 1.82) is 0 Å². The molecular weight excluding hydrogens is 442 g/mol. The van der Waals surface area contributed by atoms with Crippen molar-refractivity contribution in [1.82, 2.24) is 19.2 Å². The largest absolute Gasteiger partial charge is 0.379 e. The smallest absolute Gasteiger partial charge is 0.262 e. The molecule has 0 saturated heterocycles. The number of aromatic nitrogens is 4. The Morgan fingerprint density at radius 1 is 1.15 bits per heavy atom. The highest BCUT2D eigenvalue weighted by Gasteiger charge is 2.17. The number of anilines is 1. The van der Waals surface area contributed by atoms with Crippen LogP contribution in [0.2, 0.25) is 5.02 Å². The van der Waals surface area contributed by atoms with Crippen LogP contribution in [0.15, 0.2) is 53.3 Å².